The summed E-state index contributed by atoms with van der Waals surface area (Å²) in [5.41, 5.74) is 0.261. The Balaban J connectivity index is 2.94. The zero-order chi connectivity index (χ0) is 18.1. The van der Waals surface area contributed by atoms with E-state index in [2.05, 4.69) is 10.6 Å². The fourth-order valence-corrected chi connectivity index (χ4v) is 1.63. The maximum Gasteiger partial charge on any atom is 0.340 e. The molecular formula is C16H17N3O5. The smallest absolute Gasteiger partial charge is 0.340 e. The van der Waals surface area contributed by atoms with Crippen LogP contribution in [0.25, 0.3) is 0 Å². The number of hydrogen-bond donors (Lipinski definition) is 3. The first-order valence-corrected chi connectivity index (χ1v) is 7.07. The van der Waals surface area contributed by atoms with Crippen molar-refractivity contribution in [2.24, 2.45) is 0 Å². The predicted molar refractivity (Wildman–Crippen MR) is 85.0 cm³/mol. The minimum Gasteiger partial charge on any atom is -0.480 e. The summed E-state index contributed by atoms with van der Waals surface area (Å²) < 4.78 is 4.92. The Kier molecular flexibility index (Phi) is 6.97. The normalized spacial score (nSPS) is 11.8. The Morgan fingerprint density at radius 3 is 2.62 bits per heavy atom. The van der Waals surface area contributed by atoms with E-state index in [0.717, 1.165) is 6.20 Å². The van der Waals surface area contributed by atoms with Gasteiger partial charge in [-0.25, -0.2) is 4.79 Å². The molecule has 8 nitrogen and oxygen atoms in total. The highest BCUT2D eigenvalue weighted by atomic mass is 16.5. The highest BCUT2D eigenvalue weighted by molar-refractivity contribution is 6.00. The summed E-state index contributed by atoms with van der Waals surface area (Å²) in [5, 5.41) is 22.6. The van der Waals surface area contributed by atoms with E-state index in [0.29, 0.717) is 5.69 Å². The number of rotatable bonds is 7. The number of ether oxygens (including phenoxy) is 1. The lowest BCUT2D eigenvalue weighted by Crippen LogP contribution is -2.39. The van der Waals surface area contributed by atoms with E-state index in [1.54, 1.807) is 31.2 Å². The van der Waals surface area contributed by atoms with Gasteiger partial charge in [0.1, 0.15) is 17.7 Å². The zero-order valence-corrected chi connectivity index (χ0v) is 13.2. The Morgan fingerprint density at radius 1 is 1.38 bits per heavy atom. The number of anilines is 1. The number of amides is 1. The van der Waals surface area contributed by atoms with E-state index in [4.69, 9.17) is 15.1 Å². The van der Waals surface area contributed by atoms with Crippen LogP contribution in [-0.4, -0.2) is 35.6 Å². The third-order valence-electron chi connectivity index (χ3n) is 2.88. The van der Waals surface area contributed by atoms with Gasteiger partial charge < -0.3 is 20.5 Å². The molecule has 0 radical (unpaired) electrons. The number of para-hydroxylation sites is 1. The van der Waals surface area contributed by atoms with Crippen molar-refractivity contribution >= 4 is 23.5 Å². The highest BCUT2D eigenvalue weighted by Crippen LogP contribution is 2.16. The topological polar surface area (TPSA) is 129 Å². The monoisotopic (exact) mass is 331 g/mol. The fraction of sp³-hybridized carbons (Fsp3) is 0.250. The fourth-order valence-electron chi connectivity index (χ4n) is 1.63. The van der Waals surface area contributed by atoms with Crippen molar-refractivity contribution in [3.05, 3.63) is 41.6 Å². The maximum absolute atomic E-state index is 11.8. The molecule has 1 rings (SSSR count). The number of carbonyl (C=O) groups excluding carboxylic acids is 2. The third kappa shape index (κ3) is 5.14. The molecular weight excluding hydrogens is 314 g/mol. The molecule has 24 heavy (non-hydrogen) atoms. The molecule has 1 atom stereocenters. The second-order valence-corrected chi connectivity index (χ2v) is 4.61. The van der Waals surface area contributed by atoms with Crippen molar-refractivity contribution in [1.82, 2.24) is 5.32 Å². The zero-order valence-electron chi connectivity index (χ0n) is 13.2. The molecule has 0 saturated carbocycles. The van der Waals surface area contributed by atoms with Crippen molar-refractivity contribution < 1.29 is 24.2 Å². The van der Waals surface area contributed by atoms with Gasteiger partial charge in [-0.15, -0.1) is 0 Å². The number of nitriles is 1. The van der Waals surface area contributed by atoms with Crippen molar-refractivity contribution in [2.75, 3.05) is 11.9 Å². The predicted octanol–water partition coefficient (Wildman–Crippen LogP) is 1.27. The first-order chi connectivity index (χ1) is 11.4. The standard InChI is InChI=1S/C16H17N3O5/c1-3-24-16(23)12-6-4-5-7-13(12)18-9-11(8-17)14(20)19-10(2)15(21)22/h4-7,9-10,18H,3H2,1-2H3,(H,19,20)(H,21,22)/b11-9-. The molecule has 0 bridgehead atoms. The number of carboxylic acid groups (broad SMARTS) is 1. The molecule has 0 aliphatic rings. The molecule has 3 N–H and O–H groups in total. The number of benzene rings is 1. The van der Waals surface area contributed by atoms with Crippen LogP contribution in [0.5, 0.6) is 0 Å². The number of esters is 1. The molecule has 0 aliphatic carbocycles. The number of carbonyl (C=O) groups is 3. The van der Waals surface area contributed by atoms with E-state index in [9.17, 15) is 14.4 Å². The lowest BCUT2D eigenvalue weighted by atomic mass is 10.1. The average Bonchev–Trinajstić information content (AvgIpc) is 2.55. The van der Waals surface area contributed by atoms with Gasteiger partial charge in [0.25, 0.3) is 5.91 Å². The molecule has 1 amide bonds. The van der Waals surface area contributed by atoms with Gasteiger partial charge in [-0.05, 0) is 26.0 Å². The molecule has 0 aliphatic heterocycles. The Bertz CT molecular complexity index is 706. The molecule has 126 valence electrons. The van der Waals surface area contributed by atoms with Gasteiger partial charge in [0.2, 0.25) is 0 Å². The van der Waals surface area contributed by atoms with Crippen LogP contribution in [0.3, 0.4) is 0 Å². The maximum atomic E-state index is 11.8. The van der Waals surface area contributed by atoms with Crippen LogP contribution < -0.4 is 10.6 Å². The SMILES string of the molecule is CCOC(=O)c1ccccc1N/C=C(/C#N)C(=O)NC(C)C(=O)O. The average molecular weight is 331 g/mol. The summed E-state index contributed by atoms with van der Waals surface area (Å²) in [5.74, 6) is -2.61. The van der Waals surface area contributed by atoms with Crippen LogP contribution in [0, 0.1) is 11.3 Å². The van der Waals surface area contributed by atoms with E-state index in [1.165, 1.54) is 13.0 Å². The van der Waals surface area contributed by atoms with Crippen LogP contribution >= 0.6 is 0 Å². The van der Waals surface area contributed by atoms with Crippen LogP contribution in [0.4, 0.5) is 5.69 Å². The van der Waals surface area contributed by atoms with Crippen molar-refractivity contribution in [1.29, 1.82) is 5.26 Å². The van der Waals surface area contributed by atoms with Gasteiger partial charge in [-0.2, -0.15) is 5.26 Å². The number of aliphatic carboxylic acids is 1. The van der Waals surface area contributed by atoms with Gasteiger partial charge in [0, 0.05) is 6.20 Å². The summed E-state index contributed by atoms with van der Waals surface area (Å²) in [4.78, 5) is 34.4. The molecule has 1 aromatic carbocycles. The van der Waals surface area contributed by atoms with Gasteiger partial charge in [-0.3, -0.25) is 9.59 Å². The van der Waals surface area contributed by atoms with Crippen molar-refractivity contribution in [3.63, 3.8) is 0 Å². The van der Waals surface area contributed by atoms with Gasteiger partial charge in [0.05, 0.1) is 17.9 Å². The van der Waals surface area contributed by atoms with E-state index in [1.807, 2.05) is 0 Å². The number of nitrogens with zero attached hydrogens (tertiary/aromatic N) is 1. The van der Waals surface area contributed by atoms with Crippen LogP contribution in [0.2, 0.25) is 0 Å². The van der Waals surface area contributed by atoms with Crippen LogP contribution in [0.15, 0.2) is 36.0 Å². The van der Waals surface area contributed by atoms with Crippen LogP contribution in [0.1, 0.15) is 24.2 Å². The quantitative estimate of drug-likeness (QED) is 0.390. The largest absolute Gasteiger partial charge is 0.480 e. The Morgan fingerprint density at radius 2 is 2.04 bits per heavy atom. The summed E-state index contributed by atoms with van der Waals surface area (Å²) in [7, 11) is 0. The molecule has 0 saturated heterocycles. The van der Waals surface area contributed by atoms with Gasteiger partial charge in [0.15, 0.2) is 0 Å². The van der Waals surface area contributed by atoms with Crippen molar-refractivity contribution in [2.45, 2.75) is 19.9 Å². The minimum atomic E-state index is -1.22. The minimum absolute atomic E-state index is 0.210. The van der Waals surface area contributed by atoms with E-state index >= 15 is 0 Å². The first-order valence-electron chi connectivity index (χ1n) is 7.07. The van der Waals surface area contributed by atoms with Crippen molar-refractivity contribution in [3.8, 4) is 6.07 Å². The van der Waals surface area contributed by atoms with Crippen LogP contribution in [-0.2, 0) is 14.3 Å². The second kappa shape index (κ2) is 8.95. The molecule has 0 fully saturated rings. The number of hydrogen-bond acceptors (Lipinski definition) is 6. The molecule has 0 spiro atoms. The highest BCUT2D eigenvalue weighted by Gasteiger charge is 2.17. The summed E-state index contributed by atoms with van der Waals surface area (Å²) >= 11 is 0. The summed E-state index contributed by atoms with van der Waals surface area (Å²) in [6.45, 7) is 3.16. The molecule has 1 unspecified atom stereocenters. The number of nitrogens with one attached hydrogen (secondary N) is 2. The molecule has 0 heterocycles. The lowest BCUT2D eigenvalue weighted by molar-refractivity contribution is -0.140. The summed E-state index contributed by atoms with van der Waals surface area (Å²) in [6.07, 6.45) is 1.10. The summed E-state index contributed by atoms with van der Waals surface area (Å²) in [6, 6.07) is 6.95. The Hall–Kier alpha value is -3.34. The van der Waals surface area contributed by atoms with E-state index in [-0.39, 0.29) is 17.7 Å². The molecule has 0 aromatic heterocycles. The molecule has 1 aromatic rings. The van der Waals surface area contributed by atoms with E-state index < -0.39 is 23.9 Å². The third-order valence-corrected chi connectivity index (χ3v) is 2.88. The molecule has 8 heteroatoms. The lowest BCUT2D eigenvalue weighted by Gasteiger charge is -2.10. The second-order valence-electron chi connectivity index (χ2n) is 4.61. The Labute approximate surface area is 138 Å². The first kappa shape index (κ1) is 18.7. The van der Waals surface area contributed by atoms with Gasteiger partial charge in [-0.1, -0.05) is 12.1 Å². The van der Waals surface area contributed by atoms with Gasteiger partial charge >= 0.3 is 11.9 Å². The number of carboxylic acids is 1.